The van der Waals surface area contributed by atoms with Gasteiger partial charge >= 0.3 is 16.4 Å². The Bertz CT molecular complexity index is 438. The molecule has 2 nitrogen and oxygen atoms in total. The number of hydrogen-bond acceptors (Lipinski definition) is 2. The molecule has 0 aliphatic heterocycles. The van der Waals surface area contributed by atoms with Crippen molar-refractivity contribution in [3.63, 3.8) is 0 Å². The molecule has 0 radical (unpaired) electrons. The molecule has 0 saturated carbocycles. The summed E-state index contributed by atoms with van der Waals surface area (Å²) in [4.78, 5) is 0. The Morgan fingerprint density at radius 2 is 1.62 bits per heavy atom. The average molecular weight is 256 g/mol. The second kappa shape index (κ2) is 4.40. The predicted octanol–water partition coefficient (Wildman–Crippen LogP) is 2.98. The maximum atomic E-state index is 12.7. The molecule has 0 aromatic heterocycles. The maximum Gasteiger partial charge on any atom is 0.390 e. The van der Waals surface area contributed by atoms with Gasteiger partial charge in [0.15, 0.2) is 0 Å². The van der Waals surface area contributed by atoms with Crippen LogP contribution in [0, 0.1) is 0 Å². The Hall–Kier alpha value is -1.11. The van der Waals surface area contributed by atoms with Gasteiger partial charge in [0.1, 0.15) is 5.25 Å². The van der Waals surface area contributed by atoms with Gasteiger partial charge in [0, 0.05) is 0 Å². The molecule has 1 atom stereocenters. The summed E-state index contributed by atoms with van der Waals surface area (Å²) in [5.41, 5.74) is -0.206. The number of rotatable bonds is 3. The van der Waals surface area contributed by atoms with Crippen molar-refractivity contribution < 1.29 is 25.5 Å². The van der Waals surface area contributed by atoms with Crippen LogP contribution in [0.15, 0.2) is 30.3 Å². The first-order valence-corrected chi connectivity index (χ1v) is 5.70. The van der Waals surface area contributed by atoms with E-state index in [-0.39, 0.29) is 5.56 Å². The van der Waals surface area contributed by atoms with Gasteiger partial charge in [0.25, 0.3) is 0 Å². The van der Waals surface area contributed by atoms with Gasteiger partial charge < -0.3 is 0 Å². The summed E-state index contributed by atoms with van der Waals surface area (Å²) in [7, 11) is -5.27. The highest BCUT2D eigenvalue weighted by Gasteiger charge is 2.39. The average Bonchev–Trinajstić information content (AvgIpc) is 2.13. The van der Waals surface area contributed by atoms with Crippen molar-refractivity contribution in [2.24, 2.45) is 0 Å². The lowest BCUT2D eigenvalue weighted by molar-refractivity contribution is -0.135. The third kappa shape index (κ3) is 3.80. The minimum atomic E-state index is -5.27. The molecule has 0 bridgehead atoms. The SMILES string of the molecule is O=S(=O)(F)C(CC(F)(F)F)c1ccccc1. The smallest absolute Gasteiger partial charge is 0.194 e. The molecule has 0 N–H and O–H groups in total. The highest BCUT2D eigenvalue weighted by atomic mass is 32.3. The van der Waals surface area contributed by atoms with Gasteiger partial charge in [-0.05, 0) is 5.56 Å². The molecule has 0 aliphatic rings. The highest BCUT2D eigenvalue weighted by molar-refractivity contribution is 7.86. The third-order valence-corrected chi connectivity index (χ3v) is 3.05. The van der Waals surface area contributed by atoms with E-state index in [2.05, 4.69) is 0 Å². The van der Waals surface area contributed by atoms with Crippen molar-refractivity contribution in [2.75, 3.05) is 0 Å². The fourth-order valence-corrected chi connectivity index (χ4v) is 2.13. The van der Waals surface area contributed by atoms with Gasteiger partial charge in [-0.15, -0.1) is 3.89 Å². The second-order valence-corrected chi connectivity index (χ2v) is 4.71. The van der Waals surface area contributed by atoms with Gasteiger partial charge in [0.2, 0.25) is 0 Å². The third-order valence-electron chi connectivity index (χ3n) is 1.93. The standard InChI is InChI=1S/C9H8F4O2S/c10-9(11,12)6-8(16(13,14)15)7-4-2-1-3-5-7/h1-5,8H,6H2. The van der Waals surface area contributed by atoms with Crippen molar-refractivity contribution in [1.29, 1.82) is 0 Å². The zero-order valence-electron chi connectivity index (χ0n) is 7.91. The lowest BCUT2D eigenvalue weighted by Gasteiger charge is -2.14. The molecule has 0 saturated heterocycles. The van der Waals surface area contributed by atoms with Gasteiger partial charge in [-0.3, -0.25) is 0 Å². The number of hydrogen-bond donors (Lipinski definition) is 0. The van der Waals surface area contributed by atoms with Crippen LogP contribution in [-0.2, 0) is 10.2 Å². The lowest BCUT2D eigenvalue weighted by Crippen LogP contribution is -2.18. The molecule has 7 heteroatoms. The summed E-state index contributed by atoms with van der Waals surface area (Å²) < 4.78 is 70.3. The summed E-state index contributed by atoms with van der Waals surface area (Å²) in [5, 5.41) is -2.19. The second-order valence-electron chi connectivity index (χ2n) is 3.19. The maximum absolute atomic E-state index is 12.7. The Labute approximate surface area is 90.1 Å². The fraction of sp³-hybridized carbons (Fsp3) is 0.333. The lowest BCUT2D eigenvalue weighted by atomic mass is 10.1. The van der Waals surface area contributed by atoms with E-state index in [9.17, 15) is 25.5 Å². The summed E-state index contributed by atoms with van der Waals surface area (Å²) in [6.07, 6.45) is -6.46. The van der Waals surface area contributed by atoms with Crippen molar-refractivity contribution in [1.82, 2.24) is 0 Å². The molecule has 1 rings (SSSR count). The van der Waals surface area contributed by atoms with Crippen molar-refractivity contribution in [3.8, 4) is 0 Å². The van der Waals surface area contributed by atoms with Crippen molar-refractivity contribution >= 4 is 10.2 Å². The molecule has 1 unspecified atom stereocenters. The number of benzene rings is 1. The first-order valence-electron chi connectivity index (χ1n) is 4.25. The van der Waals surface area contributed by atoms with Crippen molar-refractivity contribution in [2.45, 2.75) is 17.8 Å². The van der Waals surface area contributed by atoms with Crippen LogP contribution >= 0.6 is 0 Å². The number of alkyl halides is 3. The van der Waals surface area contributed by atoms with Crippen LogP contribution in [0.25, 0.3) is 0 Å². The van der Waals surface area contributed by atoms with E-state index < -0.39 is 28.1 Å². The monoisotopic (exact) mass is 256 g/mol. The molecule has 16 heavy (non-hydrogen) atoms. The van der Waals surface area contributed by atoms with Crippen LogP contribution in [0.2, 0.25) is 0 Å². The molecular weight excluding hydrogens is 248 g/mol. The van der Waals surface area contributed by atoms with E-state index in [0.29, 0.717) is 0 Å². The van der Waals surface area contributed by atoms with Gasteiger partial charge in [0.05, 0.1) is 6.42 Å². The minimum Gasteiger partial charge on any atom is -0.194 e. The van der Waals surface area contributed by atoms with Crippen LogP contribution in [0.1, 0.15) is 17.2 Å². The predicted molar refractivity (Wildman–Crippen MR) is 49.9 cm³/mol. The molecule has 1 aromatic carbocycles. The summed E-state index contributed by atoms with van der Waals surface area (Å²) in [6, 6.07) is 6.49. The van der Waals surface area contributed by atoms with E-state index in [4.69, 9.17) is 0 Å². The largest absolute Gasteiger partial charge is 0.390 e. The molecule has 0 heterocycles. The zero-order chi connectivity index (χ0) is 12.4. The summed E-state index contributed by atoms with van der Waals surface area (Å²) >= 11 is 0. The van der Waals surface area contributed by atoms with E-state index in [1.807, 2.05) is 0 Å². The summed E-state index contributed by atoms with van der Waals surface area (Å²) in [5.74, 6) is 0. The Morgan fingerprint density at radius 3 is 2.00 bits per heavy atom. The van der Waals surface area contributed by atoms with E-state index in [1.165, 1.54) is 18.2 Å². The molecule has 1 aromatic rings. The number of halogens is 4. The first-order chi connectivity index (χ1) is 7.20. The van der Waals surface area contributed by atoms with E-state index in [0.717, 1.165) is 12.1 Å². The highest BCUT2D eigenvalue weighted by Crippen LogP contribution is 2.35. The Morgan fingerprint density at radius 1 is 1.12 bits per heavy atom. The Kier molecular flexibility index (Phi) is 3.57. The summed E-state index contributed by atoms with van der Waals surface area (Å²) in [6.45, 7) is 0. The fourth-order valence-electron chi connectivity index (χ4n) is 1.26. The van der Waals surface area contributed by atoms with E-state index >= 15 is 0 Å². The van der Waals surface area contributed by atoms with Gasteiger partial charge in [-0.1, -0.05) is 30.3 Å². The van der Waals surface area contributed by atoms with E-state index in [1.54, 1.807) is 0 Å². The van der Waals surface area contributed by atoms with Gasteiger partial charge in [-0.25, -0.2) is 0 Å². The first kappa shape index (κ1) is 13.0. The van der Waals surface area contributed by atoms with Crippen LogP contribution in [-0.4, -0.2) is 14.6 Å². The minimum absolute atomic E-state index is 0.206. The zero-order valence-corrected chi connectivity index (χ0v) is 8.72. The molecule has 0 fully saturated rings. The molecular formula is C9H8F4O2S. The normalized spacial score (nSPS) is 14.8. The van der Waals surface area contributed by atoms with Crippen molar-refractivity contribution in [3.05, 3.63) is 35.9 Å². The van der Waals surface area contributed by atoms with Gasteiger partial charge in [-0.2, -0.15) is 21.6 Å². The molecule has 90 valence electrons. The molecule has 0 spiro atoms. The van der Waals surface area contributed by atoms with Crippen LogP contribution in [0.3, 0.4) is 0 Å². The topological polar surface area (TPSA) is 34.1 Å². The Balaban J connectivity index is 3.09. The quantitative estimate of drug-likeness (QED) is 0.615. The van der Waals surface area contributed by atoms with Crippen LogP contribution < -0.4 is 0 Å². The van der Waals surface area contributed by atoms with Crippen LogP contribution in [0.4, 0.5) is 17.1 Å². The van der Waals surface area contributed by atoms with Crippen LogP contribution in [0.5, 0.6) is 0 Å². The molecule has 0 amide bonds. The molecule has 0 aliphatic carbocycles.